The molecule has 0 bridgehead atoms. The van der Waals surface area contributed by atoms with Gasteiger partial charge >= 0.3 is 0 Å². The van der Waals surface area contributed by atoms with Crippen LogP contribution in [0.2, 0.25) is 0 Å². The lowest BCUT2D eigenvalue weighted by Gasteiger charge is -2.10. The summed E-state index contributed by atoms with van der Waals surface area (Å²) in [5.74, 6) is 0.816. The Labute approximate surface area is 150 Å². The summed E-state index contributed by atoms with van der Waals surface area (Å²) in [4.78, 5) is 4.42. The maximum atomic E-state index is 5.94. The van der Waals surface area contributed by atoms with E-state index < -0.39 is 0 Å². The van der Waals surface area contributed by atoms with Crippen molar-refractivity contribution in [2.75, 3.05) is 11.9 Å². The largest absolute Gasteiger partial charge is 0.370 e. The zero-order chi connectivity index (χ0) is 15.1. The molecule has 0 heterocycles. The molecular formula is C18H24IN3. The second-order valence-corrected chi connectivity index (χ2v) is 5.21. The third-order valence-electron chi connectivity index (χ3n) is 3.54. The van der Waals surface area contributed by atoms with Gasteiger partial charge in [-0.25, -0.2) is 0 Å². The number of rotatable bonds is 5. The number of benzene rings is 2. The van der Waals surface area contributed by atoms with E-state index in [0.717, 1.165) is 12.1 Å². The lowest BCUT2D eigenvalue weighted by molar-refractivity contribution is 0.774. The van der Waals surface area contributed by atoms with Gasteiger partial charge in [-0.3, -0.25) is 4.99 Å². The summed E-state index contributed by atoms with van der Waals surface area (Å²) in [7, 11) is 0. The van der Waals surface area contributed by atoms with Gasteiger partial charge in [0.1, 0.15) is 0 Å². The minimum absolute atomic E-state index is 0. The average molecular weight is 409 g/mol. The molecular weight excluding hydrogens is 385 g/mol. The monoisotopic (exact) mass is 409 g/mol. The van der Waals surface area contributed by atoms with Crippen molar-refractivity contribution in [2.45, 2.75) is 26.2 Å². The molecule has 0 saturated carbocycles. The van der Waals surface area contributed by atoms with Gasteiger partial charge < -0.3 is 11.1 Å². The molecule has 1 atom stereocenters. The van der Waals surface area contributed by atoms with Gasteiger partial charge in [0.05, 0.1) is 0 Å². The van der Waals surface area contributed by atoms with Crippen molar-refractivity contribution in [1.82, 2.24) is 0 Å². The molecule has 0 saturated heterocycles. The Balaban J connectivity index is 0.00000242. The van der Waals surface area contributed by atoms with Gasteiger partial charge in [0.25, 0.3) is 0 Å². The van der Waals surface area contributed by atoms with Gasteiger partial charge in [-0.15, -0.1) is 24.0 Å². The van der Waals surface area contributed by atoms with Crippen LogP contribution in [0.3, 0.4) is 0 Å². The van der Waals surface area contributed by atoms with Crippen molar-refractivity contribution in [1.29, 1.82) is 0 Å². The Morgan fingerprint density at radius 3 is 2.32 bits per heavy atom. The highest BCUT2D eigenvalue weighted by molar-refractivity contribution is 14.0. The van der Waals surface area contributed by atoms with Crippen LogP contribution in [0.25, 0.3) is 0 Å². The Morgan fingerprint density at radius 2 is 1.73 bits per heavy atom. The molecule has 0 radical (unpaired) electrons. The van der Waals surface area contributed by atoms with E-state index in [1.54, 1.807) is 0 Å². The van der Waals surface area contributed by atoms with E-state index in [4.69, 9.17) is 5.73 Å². The van der Waals surface area contributed by atoms with Crippen molar-refractivity contribution in [3.05, 3.63) is 65.7 Å². The highest BCUT2D eigenvalue weighted by Crippen LogP contribution is 2.14. The number of nitrogens with one attached hydrogen (secondary N) is 1. The Morgan fingerprint density at radius 1 is 1.09 bits per heavy atom. The first kappa shape index (κ1) is 18.5. The molecule has 0 spiro atoms. The molecule has 2 aromatic rings. The van der Waals surface area contributed by atoms with Crippen LogP contribution in [-0.4, -0.2) is 12.5 Å². The number of hydrogen-bond acceptors (Lipinski definition) is 1. The van der Waals surface area contributed by atoms with E-state index in [0.29, 0.717) is 18.4 Å². The number of aryl methyl sites for hydroxylation is 1. The van der Waals surface area contributed by atoms with Crippen molar-refractivity contribution in [3.63, 3.8) is 0 Å². The molecule has 0 aromatic heterocycles. The van der Waals surface area contributed by atoms with E-state index in [2.05, 4.69) is 48.4 Å². The van der Waals surface area contributed by atoms with Gasteiger partial charge in [-0.2, -0.15) is 0 Å². The fourth-order valence-electron chi connectivity index (χ4n) is 2.13. The second-order valence-electron chi connectivity index (χ2n) is 5.21. The summed E-state index contributed by atoms with van der Waals surface area (Å²) >= 11 is 0. The highest BCUT2D eigenvalue weighted by Gasteiger charge is 2.04. The third-order valence-corrected chi connectivity index (χ3v) is 3.54. The predicted octanol–water partition coefficient (Wildman–Crippen LogP) is 4.40. The SMILES string of the molecule is CCc1ccc(NC(N)=NCC(C)c2ccccc2)cc1.I. The van der Waals surface area contributed by atoms with Crippen LogP contribution in [0.15, 0.2) is 59.6 Å². The van der Waals surface area contributed by atoms with Crippen LogP contribution in [-0.2, 0) is 6.42 Å². The summed E-state index contributed by atoms with van der Waals surface area (Å²) in [6, 6.07) is 18.6. The van der Waals surface area contributed by atoms with Crippen molar-refractivity contribution < 1.29 is 0 Å². The first-order valence-electron chi connectivity index (χ1n) is 7.40. The van der Waals surface area contributed by atoms with Crippen LogP contribution in [0.1, 0.15) is 30.9 Å². The fourth-order valence-corrected chi connectivity index (χ4v) is 2.13. The molecule has 3 nitrogen and oxygen atoms in total. The predicted molar refractivity (Wildman–Crippen MR) is 106 cm³/mol. The Bertz CT molecular complexity index is 579. The van der Waals surface area contributed by atoms with Crippen LogP contribution < -0.4 is 11.1 Å². The molecule has 4 heteroatoms. The standard InChI is InChI=1S/C18H23N3.HI/c1-3-15-9-11-17(12-10-15)21-18(19)20-13-14(2)16-7-5-4-6-8-16;/h4-12,14H,3,13H2,1-2H3,(H3,19,20,21);1H. The molecule has 0 amide bonds. The number of aliphatic imine (C=N–C) groups is 1. The molecule has 2 rings (SSSR count). The quantitative estimate of drug-likeness (QED) is 0.437. The summed E-state index contributed by atoms with van der Waals surface area (Å²) in [6.45, 7) is 4.97. The van der Waals surface area contributed by atoms with Crippen molar-refractivity contribution >= 4 is 35.6 Å². The first-order valence-corrected chi connectivity index (χ1v) is 7.40. The normalized spacial score (nSPS) is 12.4. The van der Waals surface area contributed by atoms with Crippen molar-refractivity contribution in [2.24, 2.45) is 10.7 Å². The van der Waals surface area contributed by atoms with E-state index in [-0.39, 0.29) is 24.0 Å². The number of hydrogen-bond donors (Lipinski definition) is 2. The second kappa shape index (κ2) is 9.46. The maximum Gasteiger partial charge on any atom is 0.193 e. The van der Waals surface area contributed by atoms with Gasteiger partial charge in [0.2, 0.25) is 0 Å². The van der Waals surface area contributed by atoms with Crippen LogP contribution in [0.5, 0.6) is 0 Å². The molecule has 0 aliphatic heterocycles. The summed E-state index contributed by atoms with van der Waals surface area (Å²) in [5, 5.41) is 3.13. The van der Waals surface area contributed by atoms with E-state index >= 15 is 0 Å². The van der Waals surface area contributed by atoms with Gasteiger partial charge in [-0.05, 0) is 29.7 Å². The van der Waals surface area contributed by atoms with Crippen molar-refractivity contribution in [3.8, 4) is 0 Å². The van der Waals surface area contributed by atoms with Crippen LogP contribution >= 0.6 is 24.0 Å². The lowest BCUT2D eigenvalue weighted by Crippen LogP contribution is -2.23. The van der Waals surface area contributed by atoms with Gasteiger partial charge in [0, 0.05) is 18.2 Å². The van der Waals surface area contributed by atoms with Gasteiger partial charge in [-0.1, -0.05) is 56.3 Å². The summed E-state index contributed by atoms with van der Waals surface area (Å²) < 4.78 is 0. The summed E-state index contributed by atoms with van der Waals surface area (Å²) in [6.07, 6.45) is 1.04. The Kier molecular flexibility index (Phi) is 7.95. The first-order chi connectivity index (χ1) is 10.2. The lowest BCUT2D eigenvalue weighted by atomic mass is 10.0. The van der Waals surface area contributed by atoms with E-state index in [9.17, 15) is 0 Å². The summed E-state index contributed by atoms with van der Waals surface area (Å²) in [5.41, 5.74) is 9.51. The van der Waals surface area contributed by atoms with Gasteiger partial charge in [0.15, 0.2) is 5.96 Å². The Hall–Kier alpha value is -1.56. The number of anilines is 1. The van der Waals surface area contributed by atoms with E-state index in [1.807, 2.05) is 30.3 Å². The number of guanidine groups is 1. The average Bonchev–Trinajstić information content (AvgIpc) is 2.54. The zero-order valence-electron chi connectivity index (χ0n) is 13.1. The number of nitrogens with zero attached hydrogens (tertiary/aromatic N) is 1. The highest BCUT2D eigenvalue weighted by atomic mass is 127. The van der Waals surface area contributed by atoms with Crippen LogP contribution in [0.4, 0.5) is 5.69 Å². The number of halogens is 1. The fraction of sp³-hybridized carbons (Fsp3) is 0.278. The molecule has 3 N–H and O–H groups in total. The smallest absolute Gasteiger partial charge is 0.193 e. The molecule has 118 valence electrons. The minimum atomic E-state index is 0. The van der Waals surface area contributed by atoms with Crippen LogP contribution in [0, 0.1) is 0 Å². The molecule has 2 aromatic carbocycles. The maximum absolute atomic E-state index is 5.94. The number of nitrogens with two attached hydrogens (primary N) is 1. The molecule has 1 unspecified atom stereocenters. The zero-order valence-corrected chi connectivity index (χ0v) is 15.5. The topological polar surface area (TPSA) is 50.4 Å². The van der Waals surface area contributed by atoms with E-state index in [1.165, 1.54) is 11.1 Å². The minimum Gasteiger partial charge on any atom is -0.370 e. The third kappa shape index (κ3) is 5.67. The molecule has 0 aliphatic carbocycles. The molecule has 0 aliphatic rings. The molecule has 22 heavy (non-hydrogen) atoms. The molecule has 0 fully saturated rings.